The summed E-state index contributed by atoms with van der Waals surface area (Å²) < 4.78 is 0. The zero-order valence-corrected chi connectivity index (χ0v) is 14.3. The van der Waals surface area contributed by atoms with Gasteiger partial charge in [0.25, 0.3) is 5.91 Å². The maximum atomic E-state index is 12.5. The number of carbonyl (C=O) groups is 1. The van der Waals surface area contributed by atoms with E-state index in [1.165, 1.54) is 0 Å². The van der Waals surface area contributed by atoms with E-state index in [4.69, 9.17) is 0 Å². The smallest absolute Gasteiger partial charge is 0.254 e. The van der Waals surface area contributed by atoms with E-state index < -0.39 is 0 Å². The van der Waals surface area contributed by atoms with Crippen LogP contribution >= 0.6 is 0 Å². The number of rotatable bonds is 3. The van der Waals surface area contributed by atoms with Crippen molar-refractivity contribution in [2.45, 2.75) is 6.92 Å². The minimum Gasteiger partial charge on any atom is -0.363 e. The van der Waals surface area contributed by atoms with Crippen molar-refractivity contribution >= 4 is 17.5 Å². The third-order valence-corrected chi connectivity index (χ3v) is 4.09. The number of amides is 1. The number of piperazine rings is 1. The Bertz CT molecular complexity index is 710. The topological polar surface area (TPSA) is 65.5 Å². The van der Waals surface area contributed by atoms with Crippen molar-refractivity contribution in [2.75, 3.05) is 50.1 Å². The molecule has 0 unspecified atom stereocenters. The van der Waals surface area contributed by atoms with Gasteiger partial charge in [-0.3, -0.25) is 9.78 Å². The Morgan fingerprint density at radius 2 is 1.75 bits per heavy atom. The molecule has 1 aliphatic heterocycles. The van der Waals surface area contributed by atoms with Crippen molar-refractivity contribution in [3.8, 4) is 0 Å². The van der Waals surface area contributed by atoms with Crippen molar-refractivity contribution in [2.24, 2.45) is 0 Å². The zero-order chi connectivity index (χ0) is 17.1. The van der Waals surface area contributed by atoms with Crippen LogP contribution in [0.15, 0.2) is 30.6 Å². The van der Waals surface area contributed by atoms with E-state index in [9.17, 15) is 4.79 Å². The molecule has 24 heavy (non-hydrogen) atoms. The monoisotopic (exact) mass is 326 g/mol. The number of hydrogen-bond acceptors (Lipinski definition) is 6. The van der Waals surface area contributed by atoms with Crippen molar-refractivity contribution in [1.29, 1.82) is 0 Å². The van der Waals surface area contributed by atoms with Gasteiger partial charge in [-0.1, -0.05) is 0 Å². The Labute approximate surface area is 142 Å². The average molecular weight is 326 g/mol. The molecule has 1 saturated heterocycles. The van der Waals surface area contributed by atoms with Gasteiger partial charge in [-0.05, 0) is 19.1 Å². The second-order valence-electron chi connectivity index (χ2n) is 6.04. The normalized spacial score (nSPS) is 14.6. The molecule has 126 valence electrons. The summed E-state index contributed by atoms with van der Waals surface area (Å²) in [6, 6.07) is 5.51. The lowest BCUT2D eigenvalue weighted by atomic mass is 10.2. The first kappa shape index (κ1) is 16.2. The van der Waals surface area contributed by atoms with Crippen LogP contribution in [0.25, 0.3) is 0 Å². The molecule has 0 atom stereocenters. The molecule has 2 aromatic rings. The molecule has 1 amide bonds. The Morgan fingerprint density at radius 3 is 2.38 bits per heavy atom. The molecule has 3 heterocycles. The molecule has 2 aromatic heterocycles. The van der Waals surface area contributed by atoms with Crippen LogP contribution in [0.2, 0.25) is 0 Å². The molecule has 0 saturated carbocycles. The van der Waals surface area contributed by atoms with Crippen molar-refractivity contribution in [3.05, 3.63) is 42.0 Å². The highest BCUT2D eigenvalue weighted by Gasteiger charge is 2.23. The van der Waals surface area contributed by atoms with E-state index in [2.05, 4.69) is 19.9 Å². The number of pyridine rings is 1. The molecule has 0 aromatic carbocycles. The van der Waals surface area contributed by atoms with Gasteiger partial charge in [-0.15, -0.1) is 0 Å². The predicted molar refractivity (Wildman–Crippen MR) is 93.4 cm³/mol. The highest BCUT2D eigenvalue weighted by Crippen LogP contribution is 2.19. The molecule has 0 N–H and O–H groups in total. The SMILES string of the molecule is Cc1nc(N(C)C)cc(N2CCN(C(=O)c3ccncc3)CC2)n1. The van der Waals surface area contributed by atoms with Gasteiger partial charge in [0.1, 0.15) is 17.5 Å². The molecule has 7 nitrogen and oxygen atoms in total. The Kier molecular flexibility index (Phi) is 4.59. The van der Waals surface area contributed by atoms with Gasteiger partial charge in [0.15, 0.2) is 0 Å². The summed E-state index contributed by atoms with van der Waals surface area (Å²) in [5.41, 5.74) is 0.686. The predicted octanol–water partition coefficient (Wildman–Crippen LogP) is 1.21. The van der Waals surface area contributed by atoms with Crippen molar-refractivity contribution in [3.63, 3.8) is 0 Å². The van der Waals surface area contributed by atoms with E-state index in [0.717, 1.165) is 30.5 Å². The van der Waals surface area contributed by atoms with Gasteiger partial charge in [-0.2, -0.15) is 0 Å². The zero-order valence-electron chi connectivity index (χ0n) is 14.3. The summed E-state index contributed by atoms with van der Waals surface area (Å²) in [6.07, 6.45) is 3.30. The van der Waals surface area contributed by atoms with Crippen LogP contribution in [0.1, 0.15) is 16.2 Å². The van der Waals surface area contributed by atoms with Crippen LogP contribution in [0.3, 0.4) is 0 Å². The van der Waals surface area contributed by atoms with Crippen LogP contribution in [0.5, 0.6) is 0 Å². The van der Waals surface area contributed by atoms with Gasteiger partial charge < -0.3 is 14.7 Å². The van der Waals surface area contributed by atoms with Crippen LogP contribution in [0.4, 0.5) is 11.6 Å². The second-order valence-corrected chi connectivity index (χ2v) is 6.04. The summed E-state index contributed by atoms with van der Waals surface area (Å²) in [5, 5.41) is 0. The average Bonchev–Trinajstić information content (AvgIpc) is 2.61. The highest BCUT2D eigenvalue weighted by molar-refractivity contribution is 5.94. The fourth-order valence-electron chi connectivity index (χ4n) is 2.74. The third kappa shape index (κ3) is 3.45. The molecule has 7 heteroatoms. The summed E-state index contributed by atoms with van der Waals surface area (Å²) in [4.78, 5) is 31.5. The molecular weight excluding hydrogens is 304 g/mol. The van der Waals surface area contributed by atoms with Gasteiger partial charge >= 0.3 is 0 Å². The van der Waals surface area contributed by atoms with Gasteiger partial charge in [0, 0.05) is 64.3 Å². The van der Waals surface area contributed by atoms with Gasteiger partial charge in [-0.25, -0.2) is 9.97 Å². The lowest BCUT2D eigenvalue weighted by Gasteiger charge is -2.35. The van der Waals surface area contributed by atoms with E-state index in [-0.39, 0.29) is 5.91 Å². The number of hydrogen-bond donors (Lipinski definition) is 0. The van der Waals surface area contributed by atoms with E-state index in [1.807, 2.05) is 36.9 Å². The Hall–Kier alpha value is -2.70. The fraction of sp³-hybridized carbons (Fsp3) is 0.412. The quantitative estimate of drug-likeness (QED) is 0.845. The number of nitrogens with zero attached hydrogens (tertiary/aromatic N) is 6. The van der Waals surface area contributed by atoms with Crippen LogP contribution < -0.4 is 9.80 Å². The second kappa shape index (κ2) is 6.82. The molecule has 0 bridgehead atoms. The maximum absolute atomic E-state index is 12.5. The number of aromatic nitrogens is 3. The number of carbonyl (C=O) groups excluding carboxylic acids is 1. The molecule has 0 spiro atoms. The summed E-state index contributed by atoms with van der Waals surface area (Å²) in [5.74, 6) is 2.63. The molecule has 0 radical (unpaired) electrons. The Morgan fingerprint density at radius 1 is 1.08 bits per heavy atom. The highest BCUT2D eigenvalue weighted by atomic mass is 16.2. The van der Waals surface area contributed by atoms with Crippen molar-refractivity contribution < 1.29 is 4.79 Å². The maximum Gasteiger partial charge on any atom is 0.254 e. The van der Waals surface area contributed by atoms with Crippen LogP contribution in [-0.4, -0.2) is 66.0 Å². The molecule has 1 aliphatic rings. The first-order valence-corrected chi connectivity index (χ1v) is 8.02. The lowest BCUT2D eigenvalue weighted by molar-refractivity contribution is 0.0746. The number of anilines is 2. The van der Waals surface area contributed by atoms with Crippen molar-refractivity contribution in [1.82, 2.24) is 19.9 Å². The summed E-state index contributed by atoms with van der Waals surface area (Å²) >= 11 is 0. The summed E-state index contributed by atoms with van der Waals surface area (Å²) in [7, 11) is 3.94. The van der Waals surface area contributed by atoms with Crippen LogP contribution in [0, 0.1) is 6.92 Å². The fourth-order valence-corrected chi connectivity index (χ4v) is 2.74. The lowest BCUT2D eigenvalue weighted by Crippen LogP contribution is -2.49. The summed E-state index contributed by atoms with van der Waals surface area (Å²) in [6.45, 7) is 4.79. The number of aryl methyl sites for hydroxylation is 1. The standard InChI is InChI=1S/C17H22N6O/c1-13-19-15(21(2)3)12-16(20-13)22-8-10-23(11-9-22)17(24)14-4-6-18-7-5-14/h4-7,12H,8-11H2,1-3H3. The molecular formula is C17H22N6O. The minimum absolute atomic E-state index is 0.0601. The molecule has 1 fully saturated rings. The van der Waals surface area contributed by atoms with Gasteiger partial charge in [0.2, 0.25) is 0 Å². The van der Waals surface area contributed by atoms with E-state index in [1.54, 1.807) is 24.5 Å². The van der Waals surface area contributed by atoms with E-state index in [0.29, 0.717) is 18.7 Å². The van der Waals surface area contributed by atoms with Crippen LogP contribution in [-0.2, 0) is 0 Å². The molecule has 0 aliphatic carbocycles. The first-order chi connectivity index (χ1) is 11.5. The Balaban J connectivity index is 1.68. The first-order valence-electron chi connectivity index (χ1n) is 8.02. The minimum atomic E-state index is 0.0601. The van der Waals surface area contributed by atoms with E-state index >= 15 is 0 Å². The third-order valence-electron chi connectivity index (χ3n) is 4.09. The molecule has 3 rings (SSSR count). The largest absolute Gasteiger partial charge is 0.363 e. The van der Waals surface area contributed by atoms with Gasteiger partial charge in [0.05, 0.1) is 0 Å².